The van der Waals surface area contributed by atoms with Crippen molar-refractivity contribution in [1.82, 2.24) is 4.72 Å². The molecule has 2 rings (SSSR count). The van der Waals surface area contributed by atoms with Gasteiger partial charge in [-0.05, 0) is 53.9 Å². The first kappa shape index (κ1) is 24.4. The fourth-order valence-corrected chi connectivity index (χ4v) is 4.24. The predicted molar refractivity (Wildman–Crippen MR) is 125 cm³/mol. The second kappa shape index (κ2) is 9.97. The van der Waals surface area contributed by atoms with Gasteiger partial charge in [-0.15, -0.1) is 0 Å². The molecule has 2 aromatic carbocycles. The molecule has 0 aliphatic carbocycles. The summed E-state index contributed by atoms with van der Waals surface area (Å²) in [4.78, 5) is 0.284. The van der Waals surface area contributed by atoms with Gasteiger partial charge in [-0.1, -0.05) is 71.9 Å². The highest BCUT2D eigenvalue weighted by Gasteiger charge is 2.26. The van der Waals surface area contributed by atoms with Gasteiger partial charge in [0.15, 0.2) is 0 Å². The normalized spacial score (nSPS) is 12.7. The molecule has 166 valence electrons. The molecule has 4 nitrogen and oxygen atoms in total. The predicted octanol–water partition coefficient (Wildman–Crippen LogP) is 5.81. The zero-order chi connectivity index (χ0) is 22.4. The highest BCUT2D eigenvalue weighted by Crippen LogP contribution is 2.38. The van der Waals surface area contributed by atoms with Gasteiger partial charge in [0.25, 0.3) is 0 Å². The average Bonchev–Trinajstić information content (AvgIpc) is 2.74. The summed E-state index contributed by atoms with van der Waals surface area (Å²) < 4.78 is 33.4. The van der Waals surface area contributed by atoms with Crippen molar-refractivity contribution in [2.45, 2.75) is 76.5 Å². The SMILES string of the molecule is CCC(C)(C)c1ccc(OCCCNS(=O)(=O)c2ccccc2)c(C(C)(C)CC)c1. The van der Waals surface area contributed by atoms with E-state index in [1.165, 1.54) is 11.1 Å². The molecule has 0 amide bonds. The minimum absolute atomic E-state index is 0.00403. The molecule has 30 heavy (non-hydrogen) atoms. The van der Waals surface area contributed by atoms with Gasteiger partial charge >= 0.3 is 0 Å². The van der Waals surface area contributed by atoms with Crippen molar-refractivity contribution in [3.63, 3.8) is 0 Å². The fourth-order valence-electron chi connectivity index (χ4n) is 3.14. The van der Waals surface area contributed by atoms with Gasteiger partial charge in [0.1, 0.15) is 5.75 Å². The molecule has 0 unspecified atom stereocenters. The lowest BCUT2D eigenvalue weighted by Gasteiger charge is -2.30. The molecular formula is C25H37NO3S. The van der Waals surface area contributed by atoms with Gasteiger partial charge in [-0.2, -0.15) is 0 Å². The summed E-state index contributed by atoms with van der Waals surface area (Å²) in [5.74, 6) is 0.892. The van der Waals surface area contributed by atoms with Crippen molar-refractivity contribution in [3.8, 4) is 5.75 Å². The molecule has 2 aromatic rings. The van der Waals surface area contributed by atoms with Gasteiger partial charge < -0.3 is 4.74 Å². The second-order valence-electron chi connectivity index (χ2n) is 9.10. The third-order valence-electron chi connectivity index (χ3n) is 6.18. The van der Waals surface area contributed by atoms with Crippen molar-refractivity contribution in [2.75, 3.05) is 13.2 Å². The van der Waals surface area contributed by atoms with E-state index in [2.05, 4.69) is 64.5 Å². The maximum atomic E-state index is 12.3. The highest BCUT2D eigenvalue weighted by atomic mass is 32.2. The fraction of sp³-hybridized carbons (Fsp3) is 0.520. The van der Waals surface area contributed by atoms with E-state index >= 15 is 0 Å². The minimum atomic E-state index is -3.47. The standard InChI is InChI=1S/C25H37NO3S/c1-7-24(3,4)20-15-16-23(22(19-20)25(5,6)8-2)29-18-12-17-26-30(27,28)21-13-10-9-11-14-21/h9-11,13-16,19,26H,7-8,12,17-18H2,1-6H3. The lowest BCUT2D eigenvalue weighted by atomic mass is 9.76. The molecule has 0 aliphatic rings. The van der Waals surface area contributed by atoms with Crippen LogP contribution >= 0.6 is 0 Å². The first-order valence-corrected chi connectivity index (χ1v) is 12.3. The molecule has 0 atom stereocenters. The van der Waals surface area contributed by atoms with Gasteiger partial charge in [0, 0.05) is 12.1 Å². The van der Waals surface area contributed by atoms with E-state index < -0.39 is 10.0 Å². The summed E-state index contributed by atoms with van der Waals surface area (Å²) in [6, 6.07) is 15.0. The van der Waals surface area contributed by atoms with Crippen LogP contribution in [0.4, 0.5) is 0 Å². The van der Waals surface area contributed by atoms with Crippen LogP contribution < -0.4 is 9.46 Å². The van der Waals surface area contributed by atoms with Crippen LogP contribution in [0, 0.1) is 0 Å². The van der Waals surface area contributed by atoms with E-state index in [-0.39, 0.29) is 15.7 Å². The molecule has 5 heteroatoms. The average molecular weight is 432 g/mol. The Kier molecular flexibility index (Phi) is 8.12. The lowest BCUT2D eigenvalue weighted by Crippen LogP contribution is -2.26. The van der Waals surface area contributed by atoms with E-state index in [1.807, 2.05) is 0 Å². The Morgan fingerprint density at radius 3 is 2.13 bits per heavy atom. The number of hydrogen-bond donors (Lipinski definition) is 1. The summed E-state index contributed by atoms with van der Waals surface area (Å²) in [6.07, 6.45) is 2.68. The van der Waals surface area contributed by atoms with Crippen molar-refractivity contribution >= 4 is 10.0 Å². The molecular weight excluding hydrogens is 394 g/mol. The Hall–Kier alpha value is -1.85. The third kappa shape index (κ3) is 6.08. The molecule has 0 saturated heterocycles. The lowest BCUT2D eigenvalue weighted by molar-refractivity contribution is 0.300. The third-order valence-corrected chi connectivity index (χ3v) is 7.66. The number of ether oxygens (including phenoxy) is 1. The zero-order valence-electron chi connectivity index (χ0n) is 19.3. The van der Waals surface area contributed by atoms with Crippen LogP contribution in [0.15, 0.2) is 53.4 Å². The Morgan fingerprint density at radius 1 is 0.900 bits per heavy atom. The van der Waals surface area contributed by atoms with Gasteiger partial charge in [-0.3, -0.25) is 0 Å². The van der Waals surface area contributed by atoms with Crippen molar-refractivity contribution in [3.05, 3.63) is 59.7 Å². The molecule has 0 aliphatic heterocycles. The molecule has 1 N–H and O–H groups in total. The number of nitrogens with one attached hydrogen (secondary N) is 1. The van der Waals surface area contributed by atoms with Crippen LogP contribution in [0.25, 0.3) is 0 Å². The molecule has 0 heterocycles. The van der Waals surface area contributed by atoms with E-state index in [1.54, 1.807) is 30.3 Å². The summed E-state index contributed by atoms with van der Waals surface area (Å²) in [6.45, 7) is 14.2. The van der Waals surface area contributed by atoms with Gasteiger partial charge in [-0.25, -0.2) is 13.1 Å². The largest absolute Gasteiger partial charge is 0.493 e. The van der Waals surface area contributed by atoms with Crippen LogP contribution in [0.3, 0.4) is 0 Å². The topological polar surface area (TPSA) is 55.4 Å². The van der Waals surface area contributed by atoms with Crippen molar-refractivity contribution in [1.29, 1.82) is 0 Å². The summed E-state index contributed by atoms with van der Waals surface area (Å²) in [5, 5.41) is 0. The first-order valence-electron chi connectivity index (χ1n) is 10.9. The smallest absolute Gasteiger partial charge is 0.240 e. The molecule has 0 aromatic heterocycles. The number of rotatable bonds is 11. The van der Waals surface area contributed by atoms with Gasteiger partial charge in [0.2, 0.25) is 10.0 Å². The highest BCUT2D eigenvalue weighted by molar-refractivity contribution is 7.89. The molecule has 0 spiro atoms. The van der Waals surface area contributed by atoms with Crippen LogP contribution in [-0.4, -0.2) is 21.6 Å². The van der Waals surface area contributed by atoms with E-state index in [4.69, 9.17) is 4.74 Å². The summed E-state index contributed by atoms with van der Waals surface area (Å²) >= 11 is 0. The Bertz CT molecular complexity index is 919. The van der Waals surface area contributed by atoms with Gasteiger partial charge in [0.05, 0.1) is 11.5 Å². The minimum Gasteiger partial charge on any atom is -0.493 e. The van der Waals surface area contributed by atoms with Crippen LogP contribution in [0.2, 0.25) is 0 Å². The Morgan fingerprint density at radius 2 is 1.53 bits per heavy atom. The Balaban J connectivity index is 2.04. The molecule has 0 radical (unpaired) electrons. The van der Waals surface area contributed by atoms with Crippen molar-refractivity contribution < 1.29 is 13.2 Å². The number of sulfonamides is 1. The maximum Gasteiger partial charge on any atom is 0.240 e. The monoisotopic (exact) mass is 431 g/mol. The molecule has 0 saturated carbocycles. The van der Waals surface area contributed by atoms with Crippen molar-refractivity contribution in [2.24, 2.45) is 0 Å². The summed E-state index contributed by atoms with van der Waals surface area (Å²) in [7, 11) is -3.47. The Labute approximate surface area is 183 Å². The zero-order valence-corrected chi connectivity index (χ0v) is 20.1. The quantitative estimate of drug-likeness (QED) is 0.457. The molecule has 0 bridgehead atoms. The van der Waals surface area contributed by atoms with E-state index in [0.717, 1.165) is 18.6 Å². The second-order valence-corrected chi connectivity index (χ2v) is 10.9. The summed E-state index contributed by atoms with van der Waals surface area (Å²) in [5.41, 5.74) is 2.66. The number of benzene rings is 2. The molecule has 0 fully saturated rings. The van der Waals surface area contributed by atoms with Crippen LogP contribution in [0.5, 0.6) is 5.75 Å². The van der Waals surface area contributed by atoms with E-state index in [0.29, 0.717) is 19.6 Å². The van der Waals surface area contributed by atoms with Crippen LogP contribution in [0.1, 0.15) is 71.9 Å². The van der Waals surface area contributed by atoms with E-state index in [9.17, 15) is 8.42 Å². The number of hydrogen-bond acceptors (Lipinski definition) is 3. The van der Waals surface area contributed by atoms with Crippen LogP contribution in [-0.2, 0) is 20.9 Å². The maximum absolute atomic E-state index is 12.3. The first-order chi connectivity index (χ1) is 14.0.